The highest BCUT2D eigenvalue weighted by Gasteiger charge is 2.11. The van der Waals surface area contributed by atoms with Gasteiger partial charge in [0, 0.05) is 16.8 Å². The quantitative estimate of drug-likeness (QED) is 0.878. The predicted octanol–water partition coefficient (Wildman–Crippen LogP) is 2.97. The van der Waals surface area contributed by atoms with Gasteiger partial charge in [-0.1, -0.05) is 24.3 Å². The molecule has 0 fully saturated rings. The number of rotatable bonds is 5. The second kappa shape index (κ2) is 6.10. The first kappa shape index (κ1) is 13.9. The minimum absolute atomic E-state index is 0.0503. The van der Waals surface area contributed by atoms with Crippen LogP contribution in [-0.2, 0) is 0 Å². The van der Waals surface area contributed by atoms with Crippen LogP contribution in [0.15, 0.2) is 48.5 Å². The molecule has 4 nitrogen and oxygen atoms in total. The Morgan fingerprint density at radius 1 is 1.20 bits per heavy atom. The summed E-state index contributed by atoms with van der Waals surface area (Å²) in [5, 5.41) is 3.34. The first-order chi connectivity index (χ1) is 9.61. The highest BCUT2D eigenvalue weighted by Crippen LogP contribution is 2.27. The van der Waals surface area contributed by atoms with Crippen molar-refractivity contribution in [3.63, 3.8) is 0 Å². The van der Waals surface area contributed by atoms with Gasteiger partial charge in [0.05, 0.1) is 13.2 Å². The van der Waals surface area contributed by atoms with E-state index in [9.17, 15) is 4.79 Å². The van der Waals surface area contributed by atoms with Crippen LogP contribution in [0.1, 0.15) is 28.9 Å². The second-order valence-corrected chi connectivity index (χ2v) is 4.55. The van der Waals surface area contributed by atoms with E-state index in [1.807, 2.05) is 37.3 Å². The lowest BCUT2D eigenvalue weighted by Crippen LogP contribution is -2.12. The number of hydrogen-bond donors (Lipinski definition) is 2. The van der Waals surface area contributed by atoms with Crippen molar-refractivity contribution < 1.29 is 9.53 Å². The van der Waals surface area contributed by atoms with Gasteiger partial charge >= 0.3 is 0 Å². The molecule has 0 bridgehead atoms. The molecule has 2 aromatic rings. The average Bonchev–Trinajstić information content (AvgIpc) is 2.47. The average molecular weight is 270 g/mol. The van der Waals surface area contributed by atoms with Gasteiger partial charge in [-0.15, -0.1) is 0 Å². The number of nitrogens with one attached hydrogen (secondary N) is 1. The minimum atomic E-state index is -0.432. The van der Waals surface area contributed by atoms with Gasteiger partial charge in [-0.25, -0.2) is 0 Å². The van der Waals surface area contributed by atoms with Crippen molar-refractivity contribution >= 4 is 11.6 Å². The van der Waals surface area contributed by atoms with Crippen LogP contribution in [0, 0.1) is 0 Å². The standard InChI is InChI=1S/C16H18N2O2/c1-11(14-8-3-4-9-15(14)20-2)18-13-7-5-6-12(10-13)16(17)19/h3-11,18H,1-2H3,(H2,17,19). The number of carbonyl (C=O) groups excluding carboxylic acids is 1. The van der Waals surface area contributed by atoms with E-state index in [0.29, 0.717) is 5.56 Å². The van der Waals surface area contributed by atoms with Crippen LogP contribution < -0.4 is 15.8 Å². The normalized spacial score (nSPS) is 11.7. The topological polar surface area (TPSA) is 64.3 Å². The first-order valence-corrected chi connectivity index (χ1v) is 6.41. The highest BCUT2D eigenvalue weighted by molar-refractivity contribution is 5.93. The fraction of sp³-hybridized carbons (Fsp3) is 0.188. The summed E-state index contributed by atoms with van der Waals surface area (Å²) in [4.78, 5) is 11.2. The third kappa shape index (κ3) is 3.09. The summed E-state index contributed by atoms with van der Waals surface area (Å²) in [5.41, 5.74) is 7.67. The van der Waals surface area contributed by atoms with Crippen LogP contribution in [0.25, 0.3) is 0 Å². The van der Waals surface area contributed by atoms with Gasteiger partial charge < -0.3 is 15.8 Å². The Balaban J connectivity index is 2.21. The van der Waals surface area contributed by atoms with Crippen LogP contribution in [0.4, 0.5) is 5.69 Å². The number of anilines is 1. The lowest BCUT2D eigenvalue weighted by Gasteiger charge is -2.18. The minimum Gasteiger partial charge on any atom is -0.496 e. The van der Waals surface area contributed by atoms with Crippen LogP contribution in [0.3, 0.4) is 0 Å². The molecule has 0 saturated heterocycles. The van der Waals surface area contributed by atoms with Crippen LogP contribution in [0.2, 0.25) is 0 Å². The van der Waals surface area contributed by atoms with E-state index < -0.39 is 5.91 Å². The van der Waals surface area contributed by atoms with Gasteiger partial charge in [0.2, 0.25) is 5.91 Å². The molecule has 0 aliphatic rings. The van der Waals surface area contributed by atoms with E-state index in [1.54, 1.807) is 25.3 Å². The number of hydrogen-bond acceptors (Lipinski definition) is 3. The van der Waals surface area contributed by atoms with E-state index in [4.69, 9.17) is 10.5 Å². The molecule has 1 atom stereocenters. The van der Waals surface area contributed by atoms with E-state index in [0.717, 1.165) is 17.0 Å². The fourth-order valence-corrected chi connectivity index (χ4v) is 2.11. The molecule has 0 heterocycles. The van der Waals surface area contributed by atoms with Gasteiger partial charge in [0.25, 0.3) is 0 Å². The van der Waals surface area contributed by atoms with Crippen molar-refractivity contribution in [3.05, 3.63) is 59.7 Å². The van der Waals surface area contributed by atoms with Crippen molar-refractivity contribution in [1.82, 2.24) is 0 Å². The Morgan fingerprint density at radius 3 is 2.65 bits per heavy atom. The molecule has 0 aliphatic heterocycles. The fourth-order valence-electron chi connectivity index (χ4n) is 2.11. The number of primary amides is 1. The number of ether oxygens (including phenoxy) is 1. The Bertz CT molecular complexity index is 611. The molecule has 1 unspecified atom stereocenters. The molecule has 0 spiro atoms. The molecule has 0 aromatic heterocycles. The summed E-state index contributed by atoms with van der Waals surface area (Å²) in [6, 6.07) is 15.0. The molecular formula is C16H18N2O2. The lowest BCUT2D eigenvalue weighted by atomic mass is 10.1. The monoisotopic (exact) mass is 270 g/mol. The largest absolute Gasteiger partial charge is 0.496 e. The van der Waals surface area contributed by atoms with Crippen molar-refractivity contribution in [2.45, 2.75) is 13.0 Å². The van der Waals surface area contributed by atoms with E-state index in [-0.39, 0.29) is 6.04 Å². The first-order valence-electron chi connectivity index (χ1n) is 6.41. The Hall–Kier alpha value is -2.49. The maximum atomic E-state index is 11.2. The van der Waals surface area contributed by atoms with Crippen molar-refractivity contribution in [2.75, 3.05) is 12.4 Å². The van der Waals surface area contributed by atoms with Crippen LogP contribution in [-0.4, -0.2) is 13.0 Å². The number of para-hydroxylation sites is 1. The number of benzene rings is 2. The van der Waals surface area contributed by atoms with Crippen molar-refractivity contribution in [2.24, 2.45) is 5.73 Å². The zero-order valence-corrected chi connectivity index (χ0v) is 11.6. The van der Waals surface area contributed by atoms with Gasteiger partial charge in [-0.05, 0) is 31.2 Å². The summed E-state index contributed by atoms with van der Waals surface area (Å²) in [5.74, 6) is 0.400. The third-order valence-corrected chi connectivity index (χ3v) is 3.14. The molecule has 4 heteroatoms. The Labute approximate surface area is 118 Å². The van der Waals surface area contributed by atoms with Crippen molar-refractivity contribution in [1.29, 1.82) is 0 Å². The zero-order chi connectivity index (χ0) is 14.5. The summed E-state index contributed by atoms with van der Waals surface area (Å²) < 4.78 is 5.35. The van der Waals surface area contributed by atoms with Crippen LogP contribution in [0.5, 0.6) is 5.75 Å². The van der Waals surface area contributed by atoms with E-state index in [2.05, 4.69) is 5.32 Å². The van der Waals surface area contributed by atoms with E-state index >= 15 is 0 Å². The van der Waals surface area contributed by atoms with Gasteiger partial charge in [0.1, 0.15) is 5.75 Å². The molecule has 0 aliphatic carbocycles. The summed E-state index contributed by atoms with van der Waals surface area (Å²) in [7, 11) is 1.65. The molecule has 3 N–H and O–H groups in total. The number of nitrogens with two attached hydrogens (primary N) is 1. The smallest absolute Gasteiger partial charge is 0.248 e. The molecule has 0 saturated carbocycles. The van der Waals surface area contributed by atoms with Gasteiger partial charge in [-0.2, -0.15) is 0 Å². The molecule has 0 radical (unpaired) electrons. The summed E-state index contributed by atoms with van der Waals surface area (Å²) in [6.45, 7) is 2.04. The summed E-state index contributed by atoms with van der Waals surface area (Å²) >= 11 is 0. The molecule has 2 rings (SSSR count). The van der Waals surface area contributed by atoms with Gasteiger partial charge in [0.15, 0.2) is 0 Å². The maximum absolute atomic E-state index is 11.2. The summed E-state index contributed by atoms with van der Waals surface area (Å²) in [6.07, 6.45) is 0. The van der Waals surface area contributed by atoms with Gasteiger partial charge in [-0.3, -0.25) is 4.79 Å². The second-order valence-electron chi connectivity index (χ2n) is 4.55. The maximum Gasteiger partial charge on any atom is 0.248 e. The molecular weight excluding hydrogens is 252 g/mol. The van der Waals surface area contributed by atoms with Crippen molar-refractivity contribution in [3.8, 4) is 5.75 Å². The third-order valence-electron chi connectivity index (χ3n) is 3.14. The van der Waals surface area contributed by atoms with E-state index in [1.165, 1.54) is 0 Å². The Morgan fingerprint density at radius 2 is 1.95 bits per heavy atom. The zero-order valence-electron chi connectivity index (χ0n) is 11.6. The van der Waals surface area contributed by atoms with Crippen LogP contribution >= 0.6 is 0 Å². The SMILES string of the molecule is COc1ccccc1C(C)Nc1cccc(C(N)=O)c1. The molecule has 20 heavy (non-hydrogen) atoms. The lowest BCUT2D eigenvalue weighted by molar-refractivity contribution is 0.100. The Kier molecular flexibility index (Phi) is 4.25. The highest BCUT2D eigenvalue weighted by atomic mass is 16.5. The molecule has 104 valence electrons. The molecule has 1 amide bonds. The number of amides is 1. The predicted molar refractivity (Wildman–Crippen MR) is 80.0 cm³/mol. The number of carbonyl (C=O) groups is 1. The molecule has 2 aromatic carbocycles. The number of methoxy groups -OCH3 is 1.